The van der Waals surface area contributed by atoms with Crippen molar-refractivity contribution < 1.29 is 31.4 Å². The fourth-order valence-corrected chi connectivity index (χ4v) is 6.52. The molecule has 3 aliphatic rings. The number of hydrogen-bond acceptors (Lipinski definition) is 8. The lowest BCUT2D eigenvalue weighted by Gasteiger charge is -2.31. The van der Waals surface area contributed by atoms with Crippen LogP contribution in [0.5, 0.6) is 11.8 Å². The number of rotatable bonds is 4. The van der Waals surface area contributed by atoms with Gasteiger partial charge in [0, 0.05) is 20.0 Å². The molecule has 0 amide bonds. The van der Waals surface area contributed by atoms with Crippen LogP contribution in [0.15, 0.2) is 6.07 Å². The lowest BCUT2D eigenvalue weighted by atomic mass is 9.95. The molecule has 0 saturated carbocycles. The average molecular weight is 585 g/mol. The lowest BCUT2D eigenvalue weighted by molar-refractivity contribution is -0.137. The Bertz CT molecular complexity index is 1520. The molecular weight excluding hydrogens is 559 g/mol. The summed E-state index contributed by atoms with van der Waals surface area (Å²) in [6.07, 6.45) is -3.92. The summed E-state index contributed by atoms with van der Waals surface area (Å²) in [5.41, 5.74) is 2.11. The standard InChI is InChI=1S/C26H26ClF5N6O2/c1-12-8-14(33)34-20(17(12)26(30,31)32)15-18(27)22-16-21(19(15)29)35-24(36-23(16)37(2)6-7-39-22)40-11-25-4-3-5-38(25)10-13(28)9-25/h8,13H,3-7,9-11H2,1-2H3,(H2,33,34)/t13-,25+/m1/s1. The summed E-state index contributed by atoms with van der Waals surface area (Å²) >= 11 is 6.58. The number of aromatic nitrogens is 3. The van der Waals surface area contributed by atoms with E-state index in [-0.39, 0.29) is 53.1 Å². The molecule has 6 rings (SSSR count). The third-order valence-electron chi connectivity index (χ3n) is 7.96. The van der Waals surface area contributed by atoms with Crippen molar-refractivity contribution in [3.05, 3.63) is 28.0 Å². The Kier molecular flexibility index (Phi) is 6.37. The lowest BCUT2D eigenvalue weighted by Crippen LogP contribution is -2.43. The molecule has 5 heterocycles. The van der Waals surface area contributed by atoms with E-state index in [0.717, 1.165) is 25.5 Å². The Hall–Kier alpha value is -3.19. The number of likely N-dealkylation sites (N-methyl/N-ethyl adjacent to an activating group) is 1. The van der Waals surface area contributed by atoms with Crippen LogP contribution in [0, 0.1) is 12.7 Å². The van der Waals surface area contributed by atoms with E-state index in [0.29, 0.717) is 19.5 Å². The molecule has 8 nitrogen and oxygen atoms in total. The van der Waals surface area contributed by atoms with Crippen molar-refractivity contribution in [2.24, 2.45) is 0 Å². The molecule has 2 atom stereocenters. The van der Waals surface area contributed by atoms with Gasteiger partial charge in [-0.2, -0.15) is 23.1 Å². The third kappa shape index (κ3) is 4.25. The fraction of sp³-hybridized carbons (Fsp3) is 0.500. The second-order valence-corrected chi connectivity index (χ2v) is 11.0. The van der Waals surface area contributed by atoms with E-state index in [1.165, 1.54) is 6.92 Å². The zero-order valence-electron chi connectivity index (χ0n) is 21.7. The summed E-state index contributed by atoms with van der Waals surface area (Å²) < 4.78 is 85.0. The topological polar surface area (TPSA) is 89.6 Å². The van der Waals surface area contributed by atoms with Gasteiger partial charge in [-0.1, -0.05) is 11.6 Å². The number of benzene rings is 1. The molecule has 2 fully saturated rings. The summed E-state index contributed by atoms with van der Waals surface area (Å²) in [6.45, 7) is 2.78. The van der Waals surface area contributed by atoms with E-state index in [1.807, 2.05) is 0 Å². The minimum Gasteiger partial charge on any atom is -0.489 e. The molecule has 0 radical (unpaired) electrons. The van der Waals surface area contributed by atoms with Gasteiger partial charge in [0.05, 0.1) is 39.3 Å². The molecule has 14 heteroatoms. The maximum Gasteiger partial charge on any atom is 0.418 e. The van der Waals surface area contributed by atoms with Crippen LogP contribution in [0.2, 0.25) is 5.02 Å². The largest absolute Gasteiger partial charge is 0.489 e. The van der Waals surface area contributed by atoms with E-state index in [9.17, 15) is 17.6 Å². The molecule has 2 N–H and O–H groups in total. The van der Waals surface area contributed by atoms with Crippen LogP contribution < -0.4 is 20.1 Å². The second-order valence-electron chi connectivity index (χ2n) is 10.6. The molecule has 40 heavy (non-hydrogen) atoms. The predicted molar refractivity (Wildman–Crippen MR) is 139 cm³/mol. The van der Waals surface area contributed by atoms with Gasteiger partial charge < -0.3 is 20.1 Å². The van der Waals surface area contributed by atoms with Gasteiger partial charge in [0.1, 0.15) is 36.5 Å². The van der Waals surface area contributed by atoms with Crippen LogP contribution in [-0.2, 0) is 6.18 Å². The van der Waals surface area contributed by atoms with Gasteiger partial charge in [-0.25, -0.2) is 13.8 Å². The van der Waals surface area contributed by atoms with Crippen molar-refractivity contribution in [2.45, 2.75) is 44.1 Å². The van der Waals surface area contributed by atoms with Gasteiger partial charge in [-0.05, 0) is 37.9 Å². The maximum absolute atomic E-state index is 16.4. The van der Waals surface area contributed by atoms with Gasteiger partial charge in [0.25, 0.3) is 0 Å². The number of nitrogens with zero attached hydrogens (tertiary/aromatic N) is 5. The van der Waals surface area contributed by atoms with Gasteiger partial charge in [0.15, 0.2) is 11.6 Å². The first-order valence-corrected chi connectivity index (χ1v) is 13.2. The normalized spacial score (nSPS) is 22.9. The van der Waals surface area contributed by atoms with Crippen LogP contribution in [0.3, 0.4) is 0 Å². The van der Waals surface area contributed by atoms with E-state index in [2.05, 4.69) is 19.9 Å². The second kappa shape index (κ2) is 9.44. The van der Waals surface area contributed by atoms with Crippen molar-refractivity contribution in [2.75, 3.05) is 50.5 Å². The highest BCUT2D eigenvalue weighted by atomic mass is 35.5. The number of aryl methyl sites for hydroxylation is 1. The number of ether oxygens (including phenoxy) is 2. The van der Waals surface area contributed by atoms with Crippen molar-refractivity contribution in [3.63, 3.8) is 0 Å². The number of pyridine rings is 1. The molecule has 2 saturated heterocycles. The molecule has 3 aliphatic heterocycles. The average Bonchev–Trinajstić information content (AvgIpc) is 3.32. The van der Waals surface area contributed by atoms with E-state index in [1.54, 1.807) is 11.9 Å². The number of nitrogens with two attached hydrogens (primary N) is 1. The Morgan fingerprint density at radius 1 is 1.25 bits per heavy atom. The van der Waals surface area contributed by atoms with Gasteiger partial charge in [0.2, 0.25) is 0 Å². The predicted octanol–water partition coefficient (Wildman–Crippen LogP) is 5.18. The SMILES string of the molecule is Cc1cc(N)nc(-c2c(Cl)c3c4c(nc(OC[C@@]56CCCN5C[C@H](F)C6)nc4c2F)N(C)CCO3)c1C(F)(F)F. The summed E-state index contributed by atoms with van der Waals surface area (Å²) in [4.78, 5) is 16.4. The molecule has 2 aromatic heterocycles. The van der Waals surface area contributed by atoms with Crippen LogP contribution in [-0.4, -0.2) is 71.5 Å². The number of halogens is 6. The zero-order chi connectivity index (χ0) is 28.6. The van der Waals surface area contributed by atoms with Crippen molar-refractivity contribution in [1.82, 2.24) is 19.9 Å². The van der Waals surface area contributed by atoms with Crippen LogP contribution in [0.4, 0.5) is 33.6 Å². The molecule has 0 bridgehead atoms. The zero-order valence-corrected chi connectivity index (χ0v) is 22.5. The molecule has 3 aromatic rings. The minimum absolute atomic E-state index is 0.0643. The van der Waals surface area contributed by atoms with E-state index >= 15 is 4.39 Å². The van der Waals surface area contributed by atoms with Gasteiger partial charge in [-0.15, -0.1) is 0 Å². The van der Waals surface area contributed by atoms with Gasteiger partial charge >= 0.3 is 12.2 Å². The quantitative estimate of drug-likeness (QED) is 0.420. The summed E-state index contributed by atoms with van der Waals surface area (Å²) in [6, 6.07) is 0.869. The highest BCUT2D eigenvalue weighted by Crippen LogP contribution is 2.50. The molecule has 214 valence electrons. The molecule has 0 unspecified atom stereocenters. The minimum atomic E-state index is -4.88. The number of hydrogen-bond donors (Lipinski definition) is 1. The number of alkyl halides is 4. The third-order valence-corrected chi connectivity index (χ3v) is 8.33. The summed E-state index contributed by atoms with van der Waals surface area (Å²) in [5, 5.41) is -0.305. The smallest absolute Gasteiger partial charge is 0.418 e. The van der Waals surface area contributed by atoms with E-state index < -0.39 is 45.5 Å². The summed E-state index contributed by atoms with van der Waals surface area (Å²) in [5.74, 6) is -1.21. The Balaban J connectivity index is 1.55. The summed E-state index contributed by atoms with van der Waals surface area (Å²) in [7, 11) is 1.70. The monoisotopic (exact) mass is 584 g/mol. The number of fused-ring (bicyclic) bond motifs is 1. The highest BCUT2D eigenvalue weighted by Gasteiger charge is 2.49. The van der Waals surface area contributed by atoms with Crippen LogP contribution in [0.25, 0.3) is 22.2 Å². The fourth-order valence-electron chi connectivity index (χ4n) is 6.19. The van der Waals surface area contributed by atoms with Crippen LogP contribution >= 0.6 is 11.6 Å². The number of anilines is 2. The molecular formula is C26H26ClF5N6O2. The van der Waals surface area contributed by atoms with Crippen molar-refractivity contribution in [1.29, 1.82) is 0 Å². The van der Waals surface area contributed by atoms with Crippen LogP contribution in [0.1, 0.15) is 30.4 Å². The van der Waals surface area contributed by atoms with Crippen molar-refractivity contribution >= 4 is 34.1 Å². The maximum atomic E-state index is 16.4. The first-order chi connectivity index (χ1) is 18.9. The molecule has 0 aliphatic carbocycles. The molecule has 0 spiro atoms. The number of nitrogen functional groups attached to an aromatic ring is 1. The highest BCUT2D eigenvalue weighted by molar-refractivity contribution is 6.36. The first-order valence-electron chi connectivity index (χ1n) is 12.8. The Labute approximate surface area is 231 Å². The van der Waals surface area contributed by atoms with E-state index in [4.69, 9.17) is 26.8 Å². The Morgan fingerprint density at radius 2 is 2.02 bits per heavy atom. The Morgan fingerprint density at radius 3 is 2.77 bits per heavy atom. The molecule has 1 aromatic carbocycles. The first kappa shape index (κ1) is 27.0. The van der Waals surface area contributed by atoms with Gasteiger partial charge in [-0.3, -0.25) is 4.90 Å². The van der Waals surface area contributed by atoms with Crippen molar-refractivity contribution in [3.8, 4) is 23.0 Å².